The summed E-state index contributed by atoms with van der Waals surface area (Å²) < 4.78 is 28.9. The standard InChI is InChI=1S/C14H24N4O3S.ClH/c1-21-8-4-7-16-14-17-10-12(22(2,19)20)13(18-14)11-5-3-6-15-9-11;/h10-11,15H,3-9H2,1-2H3,(H,16,17,18);1H. The number of anilines is 1. The fraction of sp³-hybridized carbons (Fsp3) is 0.714. The van der Waals surface area contributed by atoms with E-state index >= 15 is 0 Å². The number of ether oxygens (including phenoxy) is 1. The van der Waals surface area contributed by atoms with Crippen molar-refractivity contribution in [3.63, 3.8) is 0 Å². The van der Waals surface area contributed by atoms with Crippen molar-refractivity contribution in [1.82, 2.24) is 15.3 Å². The van der Waals surface area contributed by atoms with Crippen LogP contribution in [0.25, 0.3) is 0 Å². The van der Waals surface area contributed by atoms with Crippen LogP contribution in [0.15, 0.2) is 11.1 Å². The highest BCUT2D eigenvalue weighted by Crippen LogP contribution is 2.27. The molecule has 1 saturated heterocycles. The summed E-state index contributed by atoms with van der Waals surface area (Å²) in [4.78, 5) is 8.85. The van der Waals surface area contributed by atoms with E-state index in [0.29, 0.717) is 24.8 Å². The molecule has 2 N–H and O–H groups in total. The summed E-state index contributed by atoms with van der Waals surface area (Å²) in [5, 5.41) is 6.42. The molecule has 2 heterocycles. The van der Waals surface area contributed by atoms with Gasteiger partial charge in [0.1, 0.15) is 4.90 Å². The zero-order chi connectivity index (χ0) is 16.0. The van der Waals surface area contributed by atoms with Gasteiger partial charge in [0.15, 0.2) is 9.84 Å². The Bertz CT molecular complexity index is 592. The predicted molar refractivity (Wildman–Crippen MR) is 92.2 cm³/mol. The molecule has 7 nitrogen and oxygen atoms in total. The van der Waals surface area contributed by atoms with E-state index in [0.717, 1.165) is 32.4 Å². The van der Waals surface area contributed by atoms with Crippen LogP contribution in [0.5, 0.6) is 0 Å². The zero-order valence-electron chi connectivity index (χ0n) is 13.5. The van der Waals surface area contributed by atoms with Gasteiger partial charge in [0, 0.05) is 39.0 Å². The van der Waals surface area contributed by atoms with Gasteiger partial charge in [-0.25, -0.2) is 18.4 Å². The third-order valence-corrected chi connectivity index (χ3v) is 4.79. The van der Waals surface area contributed by atoms with Crippen molar-refractivity contribution in [2.24, 2.45) is 0 Å². The summed E-state index contributed by atoms with van der Waals surface area (Å²) in [6, 6.07) is 0. The third kappa shape index (κ3) is 5.87. The molecule has 1 unspecified atom stereocenters. The number of rotatable bonds is 7. The summed E-state index contributed by atoms with van der Waals surface area (Å²) in [5.74, 6) is 0.588. The first kappa shape index (κ1) is 20.1. The first-order valence-electron chi connectivity index (χ1n) is 7.53. The first-order valence-corrected chi connectivity index (χ1v) is 9.42. The monoisotopic (exact) mass is 364 g/mol. The molecule has 1 aromatic heterocycles. The molecule has 0 radical (unpaired) electrons. The van der Waals surface area contributed by atoms with Gasteiger partial charge in [-0.3, -0.25) is 0 Å². The molecule has 23 heavy (non-hydrogen) atoms. The Balaban J connectivity index is 0.00000264. The molecular weight excluding hydrogens is 340 g/mol. The van der Waals surface area contributed by atoms with Gasteiger partial charge in [0.25, 0.3) is 0 Å². The lowest BCUT2D eigenvalue weighted by molar-refractivity contribution is 0.197. The van der Waals surface area contributed by atoms with Gasteiger partial charge in [-0.2, -0.15) is 0 Å². The summed E-state index contributed by atoms with van der Waals surface area (Å²) in [6.45, 7) is 3.07. The Kier molecular flexibility index (Phi) is 8.18. The Hall–Kier alpha value is -0.960. The molecule has 1 aliphatic heterocycles. The lowest BCUT2D eigenvalue weighted by Crippen LogP contribution is -2.30. The number of halogens is 1. The molecule has 0 aromatic carbocycles. The second-order valence-corrected chi connectivity index (χ2v) is 7.52. The van der Waals surface area contributed by atoms with E-state index in [2.05, 4.69) is 20.6 Å². The van der Waals surface area contributed by atoms with Gasteiger partial charge in [0.2, 0.25) is 5.95 Å². The number of hydrogen-bond acceptors (Lipinski definition) is 7. The Morgan fingerprint density at radius 1 is 1.48 bits per heavy atom. The van der Waals surface area contributed by atoms with E-state index in [-0.39, 0.29) is 23.2 Å². The quantitative estimate of drug-likeness (QED) is 0.702. The van der Waals surface area contributed by atoms with Crippen molar-refractivity contribution in [2.45, 2.75) is 30.1 Å². The number of methoxy groups -OCH3 is 1. The summed E-state index contributed by atoms with van der Waals surface area (Å²) >= 11 is 0. The lowest BCUT2D eigenvalue weighted by Gasteiger charge is -2.24. The van der Waals surface area contributed by atoms with Gasteiger partial charge < -0.3 is 15.4 Å². The van der Waals surface area contributed by atoms with Crippen LogP contribution in [0.2, 0.25) is 0 Å². The fourth-order valence-electron chi connectivity index (χ4n) is 2.55. The molecule has 1 atom stereocenters. The van der Waals surface area contributed by atoms with E-state index in [1.54, 1.807) is 7.11 Å². The maximum Gasteiger partial charge on any atom is 0.222 e. The van der Waals surface area contributed by atoms with E-state index < -0.39 is 9.84 Å². The number of aromatic nitrogens is 2. The molecule has 0 amide bonds. The van der Waals surface area contributed by atoms with Crippen molar-refractivity contribution >= 4 is 28.2 Å². The smallest absolute Gasteiger partial charge is 0.222 e. The van der Waals surface area contributed by atoms with Crippen molar-refractivity contribution in [2.75, 3.05) is 44.9 Å². The minimum absolute atomic E-state index is 0. The van der Waals surface area contributed by atoms with Gasteiger partial charge in [-0.05, 0) is 25.8 Å². The van der Waals surface area contributed by atoms with Crippen LogP contribution in [-0.4, -0.2) is 58.0 Å². The molecule has 1 aliphatic rings. The Labute approximate surface area is 144 Å². The maximum atomic E-state index is 12.0. The van der Waals surface area contributed by atoms with Crippen molar-refractivity contribution in [3.05, 3.63) is 11.9 Å². The lowest BCUT2D eigenvalue weighted by atomic mass is 9.96. The van der Waals surface area contributed by atoms with Gasteiger partial charge in [-0.1, -0.05) is 0 Å². The zero-order valence-corrected chi connectivity index (χ0v) is 15.2. The highest BCUT2D eigenvalue weighted by molar-refractivity contribution is 7.90. The fourth-order valence-corrected chi connectivity index (χ4v) is 3.39. The highest BCUT2D eigenvalue weighted by atomic mass is 35.5. The predicted octanol–water partition coefficient (Wildman–Crippen LogP) is 1.22. The second-order valence-electron chi connectivity index (χ2n) is 5.53. The van der Waals surface area contributed by atoms with Gasteiger partial charge in [-0.15, -0.1) is 12.4 Å². The van der Waals surface area contributed by atoms with Crippen molar-refractivity contribution < 1.29 is 13.2 Å². The van der Waals surface area contributed by atoms with Crippen LogP contribution in [0.1, 0.15) is 30.9 Å². The number of hydrogen-bond donors (Lipinski definition) is 2. The van der Waals surface area contributed by atoms with Gasteiger partial charge in [0.05, 0.1) is 11.9 Å². The van der Waals surface area contributed by atoms with Crippen LogP contribution < -0.4 is 10.6 Å². The van der Waals surface area contributed by atoms with E-state index in [1.807, 2.05) is 0 Å². The van der Waals surface area contributed by atoms with Crippen LogP contribution in [0, 0.1) is 0 Å². The number of nitrogens with zero attached hydrogens (tertiary/aromatic N) is 2. The second kappa shape index (κ2) is 9.36. The third-order valence-electron chi connectivity index (χ3n) is 3.67. The molecule has 2 rings (SSSR count). The average molecular weight is 365 g/mol. The molecule has 0 bridgehead atoms. The molecule has 1 fully saturated rings. The molecule has 9 heteroatoms. The van der Waals surface area contributed by atoms with E-state index in [9.17, 15) is 8.42 Å². The number of piperidine rings is 1. The van der Waals surface area contributed by atoms with Crippen molar-refractivity contribution in [1.29, 1.82) is 0 Å². The molecule has 0 aliphatic carbocycles. The average Bonchev–Trinajstić information content (AvgIpc) is 2.51. The van der Waals surface area contributed by atoms with Crippen molar-refractivity contribution in [3.8, 4) is 0 Å². The molecule has 1 aromatic rings. The normalized spacial score (nSPS) is 18.3. The molecular formula is C14H25ClN4O3S. The largest absolute Gasteiger partial charge is 0.385 e. The topological polar surface area (TPSA) is 93.2 Å². The van der Waals surface area contributed by atoms with E-state index in [4.69, 9.17) is 4.74 Å². The van der Waals surface area contributed by atoms with Gasteiger partial charge >= 0.3 is 0 Å². The minimum atomic E-state index is -3.33. The molecule has 132 valence electrons. The number of nitrogens with one attached hydrogen (secondary N) is 2. The summed E-state index contributed by atoms with van der Waals surface area (Å²) in [7, 11) is -1.67. The summed E-state index contributed by atoms with van der Waals surface area (Å²) in [5.41, 5.74) is 0.624. The first-order chi connectivity index (χ1) is 10.5. The van der Waals surface area contributed by atoms with Crippen LogP contribution in [0.3, 0.4) is 0 Å². The maximum absolute atomic E-state index is 12.0. The molecule has 0 spiro atoms. The SMILES string of the molecule is COCCCNc1ncc(S(C)(=O)=O)c(C2CCCNC2)n1.Cl. The minimum Gasteiger partial charge on any atom is -0.385 e. The van der Waals surface area contributed by atoms with Crippen LogP contribution in [-0.2, 0) is 14.6 Å². The Morgan fingerprint density at radius 3 is 2.87 bits per heavy atom. The highest BCUT2D eigenvalue weighted by Gasteiger charge is 2.25. The Morgan fingerprint density at radius 2 is 2.26 bits per heavy atom. The summed E-state index contributed by atoms with van der Waals surface area (Å²) in [6.07, 6.45) is 5.43. The van der Waals surface area contributed by atoms with Crippen LogP contribution in [0.4, 0.5) is 5.95 Å². The molecule has 0 saturated carbocycles. The van der Waals surface area contributed by atoms with Crippen LogP contribution >= 0.6 is 12.4 Å². The number of sulfone groups is 1. The van der Waals surface area contributed by atoms with E-state index in [1.165, 1.54) is 12.5 Å².